The van der Waals surface area contributed by atoms with Gasteiger partial charge >= 0.3 is 0 Å². The van der Waals surface area contributed by atoms with Gasteiger partial charge in [-0.2, -0.15) is 0 Å². The second-order valence-electron chi connectivity index (χ2n) is 4.79. The maximum atomic E-state index is 11.9. The summed E-state index contributed by atoms with van der Waals surface area (Å²) in [5, 5.41) is 0.684. The van der Waals surface area contributed by atoms with Crippen molar-refractivity contribution in [1.82, 2.24) is 0 Å². The van der Waals surface area contributed by atoms with Gasteiger partial charge in [0.05, 0.1) is 15.1 Å². The second-order valence-corrected chi connectivity index (χ2v) is 8.49. The lowest BCUT2D eigenvalue weighted by Gasteiger charge is -2.14. The first-order valence-corrected chi connectivity index (χ1v) is 10.3. The van der Waals surface area contributed by atoms with Gasteiger partial charge in [-0.25, -0.2) is 8.42 Å². The zero-order valence-corrected chi connectivity index (χ0v) is 16.3. The Morgan fingerprint density at radius 1 is 1.18 bits per heavy atom. The summed E-state index contributed by atoms with van der Waals surface area (Å²) in [6.45, 7) is 3.61. The Labute approximate surface area is 147 Å². The zero-order chi connectivity index (χ0) is 16.3. The van der Waals surface area contributed by atoms with Gasteiger partial charge in [-0.1, -0.05) is 41.1 Å². The highest BCUT2D eigenvalue weighted by atomic mass is 79.9. The molecule has 0 atom stereocenters. The van der Waals surface area contributed by atoms with E-state index in [0.29, 0.717) is 20.4 Å². The third-order valence-corrected chi connectivity index (χ3v) is 6.25. The summed E-state index contributed by atoms with van der Waals surface area (Å²) < 4.78 is 30.4. The Balaban J connectivity index is 2.40. The van der Waals surface area contributed by atoms with Crippen LogP contribution >= 0.6 is 31.9 Å². The summed E-state index contributed by atoms with van der Waals surface area (Å²) in [5.74, 6) is 1.45. The highest BCUT2D eigenvalue weighted by Crippen LogP contribution is 2.35. The van der Waals surface area contributed by atoms with Crippen molar-refractivity contribution in [3.63, 3.8) is 0 Å². The maximum Gasteiger partial charge on any atom is 0.178 e. The highest BCUT2D eigenvalue weighted by molar-refractivity contribution is 9.10. The van der Waals surface area contributed by atoms with Gasteiger partial charge in [0, 0.05) is 10.9 Å². The van der Waals surface area contributed by atoms with Crippen LogP contribution in [0.2, 0.25) is 0 Å². The minimum Gasteiger partial charge on any atom is -0.456 e. The van der Waals surface area contributed by atoms with Crippen molar-refractivity contribution in [3.05, 3.63) is 52.0 Å². The van der Waals surface area contributed by atoms with E-state index in [1.807, 2.05) is 25.1 Å². The van der Waals surface area contributed by atoms with E-state index in [-0.39, 0.29) is 5.75 Å². The van der Waals surface area contributed by atoms with Crippen LogP contribution < -0.4 is 4.74 Å². The van der Waals surface area contributed by atoms with E-state index in [2.05, 4.69) is 31.9 Å². The van der Waals surface area contributed by atoms with Crippen LogP contribution in [-0.4, -0.2) is 14.2 Å². The number of benzene rings is 2. The number of aryl methyl sites for hydroxylation is 1. The first-order valence-electron chi connectivity index (χ1n) is 6.73. The number of ether oxygens (including phenoxy) is 1. The lowest BCUT2D eigenvalue weighted by molar-refractivity contribution is 0.471. The van der Waals surface area contributed by atoms with E-state index < -0.39 is 9.84 Å². The molecule has 0 spiro atoms. The molecule has 22 heavy (non-hydrogen) atoms. The minimum atomic E-state index is -3.22. The van der Waals surface area contributed by atoms with Gasteiger partial charge in [0.2, 0.25) is 0 Å². The molecule has 0 unspecified atom stereocenters. The summed E-state index contributed by atoms with van der Waals surface area (Å²) in [6.07, 6.45) is 0. The molecule has 3 nitrogen and oxygen atoms in total. The molecule has 0 amide bonds. The maximum absolute atomic E-state index is 11.9. The number of alkyl halides is 1. The third-order valence-electron chi connectivity index (χ3n) is 3.29. The van der Waals surface area contributed by atoms with Crippen LogP contribution in [0.4, 0.5) is 0 Å². The molecule has 0 N–H and O–H groups in total. The van der Waals surface area contributed by atoms with Gasteiger partial charge in [-0.15, -0.1) is 0 Å². The summed E-state index contributed by atoms with van der Waals surface area (Å²) in [4.78, 5) is 0.291. The van der Waals surface area contributed by atoms with Gasteiger partial charge in [-0.3, -0.25) is 0 Å². The standard InChI is InChI=1S/C16H16Br2O3S/c1-3-22(19,20)13-7-8-15(14(18)9-13)21-16-11(2)5-4-6-12(16)10-17/h4-9H,3,10H2,1-2H3. The molecule has 0 bridgehead atoms. The average molecular weight is 448 g/mol. The van der Waals surface area contributed by atoms with Crippen molar-refractivity contribution < 1.29 is 13.2 Å². The van der Waals surface area contributed by atoms with Crippen LogP contribution in [0, 0.1) is 6.92 Å². The number of hydrogen-bond acceptors (Lipinski definition) is 3. The molecule has 118 valence electrons. The summed E-state index contributed by atoms with van der Waals surface area (Å²) in [6, 6.07) is 10.8. The quantitative estimate of drug-likeness (QED) is 0.588. The molecule has 0 aliphatic carbocycles. The summed E-state index contributed by atoms with van der Waals surface area (Å²) >= 11 is 6.85. The predicted molar refractivity (Wildman–Crippen MR) is 95.8 cm³/mol. The van der Waals surface area contributed by atoms with Crippen LogP contribution in [0.3, 0.4) is 0 Å². The third kappa shape index (κ3) is 3.73. The fourth-order valence-corrected chi connectivity index (χ4v) is 3.96. The topological polar surface area (TPSA) is 43.4 Å². The first-order chi connectivity index (χ1) is 10.4. The lowest BCUT2D eigenvalue weighted by Crippen LogP contribution is -2.03. The van der Waals surface area contributed by atoms with Gasteiger partial charge in [0.15, 0.2) is 9.84 Å². The van der Waals surface area contributed by atoms with Crippen molar-refractivity contribution in [2.24, 2.45) is 0 Å². The van der Waals surface area contributed by atoms with Crippen molar-refractivity contribution >= 4 is 41.7 Å². The molecule has 0 radical (unpaired) electrons. The molecular formula is C16H16Br2O3S. The smallest absolute Gasteiger partial charge is 0.178 e. The molecule has 2 aromatic rings. The Morgan fingerprint density at radius 2 is 1.91 bits per heavy atom. The Hall–Kier alpha value is -0.850. The normalized spacial score (nSPS) is 11.5. The van der Waals surface area contributed by atoms with E-state index in [4.69, 9.17) is 4.74 Å². The lowest BCUT2D eigenvalue weighted by atomic mass is 10.1. The minimum absolute atomic E-state index is 0.0746. The number of rotatable bonds is 5. The Bertz CT molecular complexity index is 786. The molecule has 6 heteroatoms. The molecule has 0 aliphatic heterocycles. The van der Waals surface area contributed by atoms with E-state index >= 15 is 0 Å². The van der Waals surface area contributed by atoms with E-state index in [9.17, 15) is 8.42 Å². The van der Waals surface area contributed by atoms with E-state index in [0.717, 1.165) is 16.9 Å². The van der Waals surface area contributed by atoms with Crippen LogP contribution in [0.15, 0.2) is 45.8 Å². The van der Waals surface area contributed by atoms with Crippen LogP contribution in [0.25, 0.3) is 0 Å². The van der Waals surface area contributed by atoms with Crippen molar-refractivity contribution in [2.75, 3.05) is 5.75 Å². The fourth-order valence-electron chi connectivity index (χ4n) is 2.00. The van der Waals surface area contributed by atoms with Gasteiger partial charge in [-0.05, 0) is 46.6 Å². The number of para-hydroxylation sites is 1. The molecule has 0 saturated heterocycles. The fraction of sp³-hybridized carbons (Fsp3) is 0.250. The van der Waals surface area contributed by atoms with Gasteiger partial charge in [0.25, 0.3) is 0 Å². The number of sulfone groups is 1. The van der Waals surface area contributed by atoms with Crippen LogP contribution in [0.1, 0.15) is 18.1 Å². The van der Waals surface area contributed by atoms with E-state index in [1.165, 1.54) is 0 Å². The molecular weight excluding hydrogens is 432 g/mol. The monoisotopic (exact) mass is 446 g/mol. The van der Waals surface area contributed by atoms with Crippen molar-refractivity contribution in [2.45, 2.75) is 24.1 Å². The average Bonchev–Trinajstić information content (AvgIpc) is 2.50. The second kappa shape index (κ2) is 7.15. The van der Waals surface area contributed by atoms with Crippen molar-refractivity contribution in [3.8, 4) is 11.5 Å². The first kappa shape index (κ1) is 17.5. The SMILES string of the molecule is CCS(=O)(=O)c1ccc(Oc2c(C)cccc2CBr)c(Br)c1. The molecule has 0 saturated carbocycles. The van der Waals surface area contributed by atoms with Crippen LogP contribution in [0.5, 0.6) is 11.5 Å². The number of hydrogen-bond donors (Lipinski definition) is 0. The van der Waals surface area contributed by atoms with E-state index in [1.54, 1.807) is 25.1 Å². The molecule has 0 fully saturated rings. The van der Waals surface area contributed by atoms with Crippen molar-refractivity contribution in [1.29, 1.82) is 0 Å². The Kier molecular flexibility index (Phi) is 5.69. The Morgan fingerprint density at radius 3 is 2.50 bits per heavy atom. The largest absolute Gasteiger partial charge is 0.456 e. The molecule has 2 aromatic carbocycles. The summed E-state index contributed by atoms with van der Waals surface area (Å²) in [7, 11) is -3.22. The number of halogens is 2. The molecule has 0 heterocycles. The molecule has 0 aromatic heterocycles. The summed E-state index contributed by atoms with van der Waals surface area (Å²) in [5.41, 5.74) is 2.06. The van der Waals surface area contributed by atoms with Gasteiger partial charge < -0.3 is 4.74 Å². The zero-order valence-electron chi connectivity index (χ0n) is 12.3. The molecule has 2 rings (SSSR count). The highest BCUT2D eigenvalue weighted by Gasteiger charge is 2.15. The van der Waals surface area contributed by atoms with Gasteiger partial charge in [0.1, 0.15) is 11.5 Å². The predicted octanol–water partition coefficient (Wildman–Crippen LogP) is 5.24. The molecule has 0 aliphatic rings. The van der Waals surface area contributed by atoms with Crippen LogP contribution in [-0.2, 0) is 15.2 Å².